The van der Waals surface area contributed by atoms with Crippen molar-refractivity contribution in [2.45, 2.75) is 13.3 Å². The third kappa shape index (κ3) is 3.56. The Morgan fingerprint density at radius 3 is 2.43 bits per heavy atom. The maximum absolute atomic E-state index is 13.9. The summed E-state index contributed by atoms with van der Waals surface area (Å²) in [6, 6.07) is 9.70. The number of anilines is 1. The minimum Gasteiger partial charge on any atom is -0.494 e. The largest absolute Gasteiger partial charge is 0.494 e. The highest BCUT2D eigenvalue weighted by molar-refractivity contribution is 5.57. The Labute approximate surface area is 123 Å². The topological polar surface area (TPSA) is 53.7 Å². The highest BCUT2D eigenvalue weighted by atomic mass is 19.1. The molecule has 0 saturated heterocycles. The van der Waals surface area contributed by atoms with E-state index in [-0.39, 0.29) is 11.4 Å². The number of rotatable bonds is 6. The zero-order valence-corrected chi connectivity index (χ0v) is 12.1. The van der Waals surface area contributed by atoms with E-state index in [4.69, 9.17) is 19.9 Å². The molecule has 0 aliphatic carbocycles. The molecule has 2 N–H and O–H groups in total. The Morgan fingerprint density at radius 2 is 1.76 bits per heavy atom. The van der Waals surface area contributed by atoms with Gasteiger partial charge in [0.05, 0.1) is 19.4 Å². The van der Waals surface area contributed by atoms with Gasteiger partial charge >= 0.3 is 0 Å². The van der Waals surface area contributed by atoms with Gasteiger partial charge in [0, 0.05) is 12.1 Å². The first kappa shape index (κ1) is 15.0. The molecule has 2 aromatic carbocycles. The van der Waals surface area contributed by atoms with Crippen LogP contribution in [0.3, 0.4) is 0 Å². The minimum absolute atomic E-state index is 0.0357. The summed E-state index contributed by atoms with van der Waals surface area (Å²) in [4.78, 5) is 0. The quantitative estimate of drug-likeness (QED) is 0.817. The Bertz CT molecular complexity index is 616. The molecule has 0 saturated carbocycles. The molecule has 0 atom stereocenters. The van der Waals surface area contributed by atoms with Crippen LogP contribution in [-0.4, -0.2) is 13.7 Å². The summed E-state index contributed by atoms with van der Waals surface area (Å²) in [5.74, 6) is 0.844. The molecular weight excluding hydrogens is 273 g/mol. The van der Waals surface area contributed by atoms with Crippen LogP contribution < -0.4 is 19.9 Å². The number of methoxy groups -OCH3 is 1. The normalized spacial score (nSPS) is 10.2. The molecule has 0 unspecified atom stereocenters. The predicted molar refractivity (Wildman–Crippen MR) is 79.7 cm³/mol. The smallest absolute Gasteiger partial charge is 0.169 e. The second kappa shape index (κ2) is 6.83. The first-order chi connectivity index (χ1) is 10.2. The summed E-state index contributed by atoms with van der Waals surface area (Å²) < 4.78 is 30.2. The van der Waals surface area contributed by atoms with Crippen molar-refractivity contribution in [2.75, 3.05) is 19.5 Å². The van der Waals surface area contributed by atoms with Crippen molar-refractivity contribution >= 4 is 5.69 Å². The molecule has 0 radical (unpaired) electrons. The van der Waals surface area contributed by atoms with E-state index in [2.05, 4.69) is 0 Å². The van der Waals surface area contributed by atoms with Crippen molar-refractivity contribution in [3.63, 3.8) is 0 Å². The van der Waals surface area contributed by atoms with Gasteiger partial charge < -0.3 is 19.9 Å². The number of nitrogen functional groups attached to an aromatic ring is 1. The van der Waals surface area contributed by atoms with Gasteiger partial charge in [0.25, 0.3) is 0 Å². The Morgan fingerprint density at radius 1 is 1.05 bits per heavy atom. The van der Waals surface area contributed by atoms with Gasteiger partial charge in [0.15, 0.2) is 23.1 Å². The third-order valence-electron chi connectivity index (χ3n) is 2.81. The lowest BCUT2D eigenvalue weighted by molar-refractivity contribution is 0.300. The van der Waals surface area contributed by atoms with Crippen LogP contribution in [0.1, 0.15) is 13.3 Å². The highest BCUT2D eigenvalue weighted by Crippen LogP contribution is 2.36. The number of benzene rings is 2. The van der Waals surface area contributed by atoms with Crippen LogP contribution in [0.25, 0.3) is 0 Å². The number of nitrogens with two attached hydrogens (primary N) is 1. The van der Waals surface area contributed by atoms with Crippen LogP contribution in [0.5, 0.6) is 23.0 Å². The van der Waals surface area contributed by atoms with Gasteiger partial charge in [0.1, 0.15) is 5.75 Å². The first-order valence-electron chi connectivity index (χ1n) is 6.68. The van der Waals surface area contributed by atoms with Crippen LogP contribution in [0.2, 0.25) is 0 Å². The monoisotopic (exact) mass is 291 g/mol. The average Bonchev–Trinajstić information content (AvgIpc) is 2.49. The molecule has 2 aromatic rings. The Kier molecular flexibility index (Phi) is 4.87. The fraction of sp³-hybridized carbons (Fsp3) is 0.250. The molecule has 2 rings (SSSR count). The summed E-state index contributed by atoms with van der Waals surface area (Å²) >= 11 is 0. The van der Waals surface area contributed by atoms with Crippen molar-refractivity contribution in [3.05, 3.63) is 42.2 Å². The molecule has 0 aliphatic rings. The summed E-state index contributed by atoms with van der Waals surface area (Å²) in [5.41, 5.74) is 5.86. The zero-order chi connectivity index (χ0) is 15.2. The molecule has 21 heavy (non-hydrogen) atoms. The molecule has 0 amide bonds. The molecule has 0 heterocycles. The predicted octanol–water partition coefficient (Wildman–Crippen LogP) is 4.00. The summed E-state index contributed by atoms with van der Waals surface area (Å²) in [7, 11) is 1.46. The van der Waals surface area contributed by atoms with Crippen molar-refractivity contribution in [3.8, 4) is 23.0 Å². The molecule has 112 valence electrons. The van der Waals surface area contributed by atoms with E-state index >= 15 is 0 Å². The molecule has 4 nitrogen and oxygen atoms in total. The second-order valence-corrected chi connectivity index (χ2v) is 4.42. The maximum Gasteiger partial charge on any atom is 0.169 e. The zero-order valence-electron chi connectivity index (χ0n) is 12.1. The van der Waals surface area contributed by atoms with E-state index in [1.165, 1.54) is 19.2 Å². The lowest BCUT2D eigenvalue weighted by Gasteiger charge is -2.13. The van der Waals surface area contributed by atoms with Gasteiger partial charge in [-0.25, -0.2) is 4.39 Å². The number of hydrogen-bond acceptors (Lipinski definition) is 4. The lowest BCUT2D eigenvalue weighted by atomic mass is 10.2. The van der Waals surface area contributed by atoms with E-state index in [1.54, 1.807) is 18.2 Å². The van der Waals surface area contributed by atoms with Crippen molar-refractivity contribution in [1.29, 1.82) is 0 Å². The van der Waals surface area contributed by atoms with E-state index in [1.807, 2.05) is 13.0 Å². The van der Waals surface area contributed by atoms with Crippen LogP contribution in [0.15, 0.2) is 36.4 Å². The molecule has 0 aliphatic heterocycles. The van der Waals surface area contributed by atoms with Gasteiger partial charge in [0.2, 0.25) is 0 Å². The average molecular weight is 291 g/mol. The van der Waals surface area contributed by atoms with E-state index in [0.717, 1.165) is 6.42 Å². The highest BCUT2D eigenvalue weighted by Gasteiger charge is 2.13. The summed E-state index contributed by atoms with van der Waals surface area (Å²) in [5, 5.41) is 0. The van der Waals surface area contributed by atoms with Gasteiger partial charge in [-0.1, -0.05) is 19.1 Å². The minimum atomic E-state index is -0.557. The summed E-state index contributed by atoms with van der Waals surface area (Å²) in [6.45, 7) is 2.57. The van der Waals surface area contributed by atoms with Crippen LogP contribution >= 0.6 is 0 Å². The fourth-order valence-corrected chi connectivity index (χ4v) is 1.79. The molecule has 0 spiro atoms. The van der Waals surface area contributed by atoms with Crippen molar-refractivity contribution in [1.82, 2.24) is 0 Å². The molecular formula is C16H18FNO3. The Hall–Kier alpha value is -2.43. The third-order valence-corrected chi connectivity index (χ3v) is 2.81. The molecule has 5 heteroatoms. The van der Waals surface area contributed by atoms with Gasteiger partial charge in [-0.3, -0.25) is 0 Å². The SMILES string of the molecule is CCCOc1ccccc1Oc1cc(OC)c(N)cc1F. The van der Waals surface area contributed by atoms with Gasteiger partial charge in [-0.15, -0.1) is 0 Å². The lowest BCUT2D eigenvalue weighted by Crippen LogP contribution is -1.99. The number of halogens is 1. The van der Waals surface area contributed by atoms with Crippen molar-refractivity contribution in [2.24, 2.45) is 0 Å². The Balaban J connectivity index is 2.30. The standard InChI is InChI=1S/C16H18FNO3/c1-3-8-20-13-6-4-5-7-14(13)21-15-10-16(19-2)12(18)9-11(15)17/h4-7,9-10H,3,8,18H2,1-2H3. The molecule has 0 aromatic heterocycles. The molecule has 0 fully saturated rings. The summed E-state index contributed by atoms with van der Waals surface area (Å²) in [6.07, 6.45) is 0.873. The maximum atomic E-state index is 13.9. The van der Waals surface area contributed by atoms with E-state index in [9.17, 15) is 4.39 Å². The van der Waals surface area contributed by atoms with Crippen LogP contribution in [0, 0.1) is 5.82 Å². The fourth-order valence-electron chi connectivity index (χ4n) is 1.79. The number of para-hydroxylation sites is 2. The molecule has 0 bridgehead atoms. The van der Waals surface area contributed by atoms with Gasteiger partial charge in [-0.2, -0.15) is 0 Å². The van der Waals surface area contributed by atoms with E-state index in [0.29, 0.717) is 23.9 Å². The van der Waals surface area contributed by atoms with Crippen LogP contribution in [-0.2, 0) is 0 Å². The number of ether oxygens (including phenoxy) is 3. The van der Waals surface area contributed by atoms with Crippen LogP contribution in [0.4, 0.5) is 10.1 Å². The van der Waals surface area contributed by atoms with E-state index < -0.39 is 5.82 Å². The van der Waals surface area contributed by atoms with Gasteiger partial charge in [-0.05, 0) is 18.6 Å². The number of hydrogen-bond donors (Lipinski definition) is 1. The second-order valence-electron chi connectivity index (χ2n) is 4.42. The first-order valence-corrected chi connectivity index (χ1v) is 6.68. The van der Waals surface area contributed by atoms with Crippen molar-refractivity contribution < 1.29 is 18.6 Å².